The lowest BCUT2D eigenvalue weighted by Crippen LogP contribution is -2.32. The quantitative estimate of drug-likeness (QED) is 0.678. The molecule has 0 saturated carbocycles. The molecule has 15 heavy (non-hydrogen) atoms. The summed E-state index contributed by atoms with van der Waals surface area (Å²) in [6.07, 6.45) is 2.76. The molecule has 3 heteroatoms. The Labute approximate surface area is 94.2 Å². The highest BCUT2D eigenvalue weighted by Gasteiger charge is 2.24. The van der Waals surface area contributed by atoms with Gasteiger partial charge >= 0.3 is 0 Å². The van der Waals surface area contributed by atoms with E-state index in [4.69, 9.17) is 4.74 Å². The normalized spacial score (nSPS) is 27.8. The fourth-order valence-electron chi connectivity index (χ4n) is 2.04. The van der Waals surface area contributed by atoms with Gasteiger partial charge < -0.3 is 15.0 Å². The third kappa shape index (κ3) is 4.96. The van der Waals surface area contributed by atoms with Crippen molar-refractivity contribution in [3.63, 3.8) is 0 Å². The maximum Gasteiger partial charge on any atom is 0.0518 e. The minimum absolute atomic E-state index is 0.364. The summed E-state index contributed by atoms with van der Waals surface area (Å²) in [7, 11) is 2.20. The second-order valence-corrected chi connectivity index (χ2v) is 4.95. The molecule has 0 spiro atoms. The van der Waals surface area contributed by atoms with Crippen LogP contribution in [0.15, 0.2) is 0 Å². The van der Waals surface area contributed by atoms with Gasteiger partial charge in [-0.25, -0.2) is 0 Å². The van der Waals surface area contributed by atoms with Crippen molar-refractivity contribution in [2.75, 3.05) is 26.7 Å². The van der Waals surface area contributed by atoms with Crippen LogP contribution in [0.25, 0.3) is 0 Å². The number of likely N-dealkylation sites (tertiary alicyclic amines) is 1. The summed E-state index contributed by atoms with van der Waals surface area (Å²) >= 11 is 0. The Balaban J connectivity index is 1.97. The molecule has 0 radical (unpaired) electrons. The standard InChI is InChI=1S/C12H26N2O/c1-10(2)15-7-5-6-13-12-8-11(3)14(4)9-12/h10-13H,5-9H2,1-4H3. The highest BCUT2D eigenvalue weighted by Crippen LogP contribution is 2.14. The maximum absolute atomic E-state index is 5.50. The highest BCUT2D eigenvalue weighted by atomic mass is 16.5. The minimum atomic E-state index is 0.364. The van der Waals surface area contributed by atoms with Crippen LogP contribution in [0, 0.1) is 0 Å². The molecule has 0 aliphatic carbocycles. The number of likely N-dealkylation sites (N-methyl/N-ethyl adjacent to an activating group) is 1. The molecule has 0 aromatic carbocycles. The van der Waals surface area contributed by atoms with E-state index in [1.165, 1.54) is 13.0 Å². The van der Waals surface area contributed by atoms with Gasteiger partial charge in [0, 0.05) is 25.2 Å². The Kier molecular flexibility index (Phi) is 5.58. The summed E-state index contributed by atoms with van der Waals surface area (Å²) in [6.45, 7) is 9.61. The van der Waals surface area contributed by atoms with Crippen LogP contribution in [-0.4, -0.2) is 49.8 Å². The first-order valence-electron chi connectivity index (χ1n) is 6.15. The summed E-state index contributed by atoms with van der Waals surface area (Å²) in [4.78, 5) is 2.42. The van der Waals surface area contributed by atoms with Gasteiger partial charge in [0.25, 0.3) is 0 Å². The summed E-state index contributed by atoms with van der Waals surface area (Å²) in [5.41, 5.74) is 0. The zero-order valence-corrected chi connectivity index (χ0v) is 10.6. The van der Waals surface area contributed by atoms with Crippen LogP contribution in [-0.2, 0) is 4.74 Å². The summed E-state index contributed by atoms with van der Waals surface area (Å²) < 4.78 is 5.50. The summed E-state index contributed by atoms with van der Waals surface area (Å²) in [5.74, 6) is 0. The average Bonchev–Trinajstić information content (AvgIpc) is 2.45. The van der Waals surface area contributed by atoms with E-state index in [0.29, 0.717) is 12.1 Å². The predicted molar refractivity (Wildman–Crippen MR) is 64.2 cm³/mol. The average molecular weight is 214 g/mol. The van der Waals surface area contributed by atoms with E-state index in [1.807, 2.05) is 0 Å². The SMILES string of the molecule is CC(C)OCCCNC1CC(C)N(C)C1. The van der Waals surface area contributed by atoms with Crippen LogP contribution in [0.1, 0.15) is 33.6 Å². The van der Waals surface area contributed by atoms with E-state index < -0.39 is 0 Å². The number of rotatable bonds is 6. The monoisotopic (exact) mass is 214 g/mol. The Morgan fingerprint density at radius 3 is 2.73 bits per heavy atom. The molecule has 1 heterocycles. The van der Waals surface area contributed by atoms with Crippen molar-refractivity contribution < 1.29 is 4.74 Å². The fourth-order valence-corrected chi connectivity index (χ4v) is 2.04. The van der Waals surface area contributed by atoms with E-state index >= 15 is 0 Å². The van der Waals surface area contributed by atoms with E-state index in [1.54, 1.807) is 0 Å². The van der Waals surface area contributed by atoms with Crippen molar-refractivity contribution in [3.05, 3.63) is 0 Å². The molecule has 1 aliphatic heterocycles. The Bertz CT molecular complexity index is 163. The Morgan fingerprint density at radius 1 is 1.47 bits per heavy atom. The largest absolute Gasteiger partial charge is 0.379 e. The molecule has 0 aromatic rings. The van der Waals surface area contributed by atoms with Gasteiger partial charge in [-0.3, -0.25) is 0 Å². The molecule has 90 valence electrons. The topological polar surface area (TPSA) is 24.5 Å². The van der Waals surface area contributed by atoms with Gasteiger partial charge in [-0.1, -0.05) is 0 Å². The van der Waals surface area contributed by atoms with Crippen molar-refractivity contribution in [1.82, 2.24) is 10.2 Å². The van der Waals surface area contributed by atoms with E-state index in [9.17, 15) is 0 Å². The molecule has 0 bridgehead atoms. The van der Waals surface area contributed by atoms with E-state index in [-0.39, 0.29) is 0 Å². The fraction of sp³-hybridized carbons (Fsp3) is 1.00. The van der Waals surface area contributed by atoms with Crippen LogP contribution >= 0.6 is 0 Å². The third-order valence-electron chi connectivity index (χ3n) is 3.09. The Hall–Kier alpha value is -0.120. The van der Waals surface area contributed by atoms with Crippen molar-refractivity contribution in [1.29, 1.82) is 0 Å². The molecule has 1 fully saturated rings. The van der Waals surface area contributed by atoms with Crippen molar-refractivity contribution in [3.8, 4) is 0 Å². The molecule has 1 aliphatic rings. The maximum atomic E-state index is 5.50. The lowest BCUT2D eigenvalue weighted by molar-refractivity contribution is 0.0767. The minimum Gasteiger partial charge on any atom is -0.379 e. The predicted octanol–water partition coefficient (Wildman–Crippen LogP) is 1.48. The van der Waals surface area contributed by atoms with Crippen molar-refractivity contribution in [2.24, 2.45) is 0 Å². The lowest BCUT2D eigenvalue weighted by atomic mass is 10.2. The second-order valence-electron chi connectivity index (χ2n) is 4.95. The van der Waals surface area contributed by atoms with Crippen LogP contribution in [0.5, 0.6) is 0 Å². The molecule has 3 nitrogen and oxygen atoms in total. The van der Waals surface area contributed by atoms with Gasteiger partial charge in [-0.15, -0.1) is 0 Å². The van der Waals surface area contributed by atoms with Crippen LogP contribution in [0.2, 0.25) is 0 Å². The van der Waals surface area contributed by atoms with Gasteiger partial charge in [-0.2, -0.15) is 0 Å². The van der Waals surface area contributed by atoms with Crippen LogP contribution < -0.4 is 5.32 Å². The number of nitrogens with zero attached hydrogens (tertiary/aromatic N) is 1. The van der Waals surface area contributed by atoms with Crippen LogP contribution in [0.4, 0.5) is 0 Å². The van der Waals surface area contributed by atoms with E-state index in [0.717, 1.165) is 25.6 Å². The smallest absolute Gasteiger partial charge is 0.0518 e. The molecule has 0 amide bonds. The van der Waals surface area contributed by atoms with Gasteiger partial charge in [0.05, 0.1) is 6.10 Å². The molecule has 1 N–H and O–H groups in total. The van der Waals surface area contributed by atoms with E-state index in [2.05, 4.69) is 38.0 Å². The van der Waals surface area contributed by atoms with Crippen molar-refractivity contribution in [2.45, 2.75) is 51.8 Å². The van der Waals surface area contributed by atoms with Gasteiger partial charge in [0.15, 0.2) is 0 Å². The zero-order chi connectivity index (χ0) is 11.3. The van der Waals surface area contributed by atoms with Crippen LogP contribution in [0.3, 0.4) is 0 Å². The molecule has 0 aromatic heterocycles. The first kappa shape index (κ1) is 12.9. The highest BCUT2D eigenvalue weighted by molar-refractivity contribution is 4.84. The molecule has 2 unspecified atom stereocenters. The first-order chi connectivity index (χ1) is 7.09. The Morgan fingerprint density at radius 2 is 2.20 bits per heavy atom. The number of nitrogens with one attached hydrogen (secondary N) is 1. The molecular formula is C12H26N2O. The summed E-state index contributed by atoms with van der Waals surface area (Å²) in [5, 5.41) is 3.59. The van der Waals surface area contributed by atoms with Gasteiger partial charge in [0.2, 0.25) is 0 Å². The molecule has 2 atom stereocenters. The summed E-state index contributed by atoms with van der Waals surface area (Å²) in [6, 6.07) is 1.42. The first-order valence-corrected chi connectivity index (χ1v) is 6.15. The molecular weight excluding hydrogens is 188 g/mol. The van der Waals surface area contributed by atoms with Crippen molar-refractivity contribution >= 4 is 0 Å². The number of hydrogen-bond acceptors (Lipinski definition) is 3. The number of hydrogen-bond donors (Lipinski definition) is 1. The van der Waals surface area contributed by atoms with Gasteiger partial charge in [-0.05, 0) is 47.2 Å². The second kappa shape index (κ2) is 6.46. The third-order valence-corrected chi connectivity index (χ3v) is 3.09. The molecule has 1 rings (SSSR count). The number of ether oxygens (including phenoxy) is 1. The zero-order valence-electron chi connectivity index (χ0n) is 10.6. The van der Waals surface area contributed by atoms with Gasteiger partial charge in [0.1, 0.15) is 0 Å². The lowest BCUT2D eigenvalue weighted by Gasteiger charge is -2.13. The molecule has 1 saturated heterocycles.